The number of carboxylic acids is 1. The molecule has 0 aliphatic heterocycles. The normalized spacial score (nSPS) is 17.3. The van der Waals surface area contributed by atoms with Crippen molar-refractivity contribution in [2.24, 2.45) is 11.8 Å². The standard InChI is InChI=1S/C30H30N2O5S/c1-2-37-23-16-12-21(13-17-23)32-29(34)27(20-8-4-3-5-9-20)38-24-18-14-22(15-19-24)31-28(33)25-10-6-7-11-26(25)30(35)36/h3-9,12-19,25-27H,2,10-11H2,1H3,(H,31,33)(H,32,34)(H,35,36). The molecule has 0 spiro atoms. The van der Waals surface area contributed by atoms with Crippen LogP contribution in [0.4, 0.5) is 11.4 Å². The van der Waals surface area contributed by atoms with Crippen LogP contribution >= 0.6 is 11.8 Å². The molecule has 7 nitrogen and oxygen atoms in total. The Morgan fingerprint density at radius 3 is 2.11 bits per heavy atom. The highest BCUT2D eigenvalue weighted by Crippen LogP contribution is 2.37. The van der Waals surface area contributed by atoms with E-state index in [1.807, 2.05) is 85.8 Å². The first kappa shape index (κ1) is 27.0. The van der Waals surface area contributed by atoms with E-state index in [1.54, 1.807) is 12.1 Å². The van der Waals surface area contributed by atoms with Crippen molar-refractivity contribution >= 4 is 40.9 Å². The molecule has 3 aromatic carbocycles. The summed E-state index contributed by atoms with van der Waals surface area (Å²) in [6.45, 7) is 2.49. The number of hydrogen-bond acceptors (Lipinski definition) is 5. The summed E-state index contributed by atoms with van der Waals surface area (Å²) in [5.41, 5.74) is 2.12. The van der Waals surface area contributed by atoms with Gasteiger partial charge < -0.3 is 20.5 Å². The molecule has 0 heterocycles. The number of anilines is 2. The molecule has 196 valence electrons. The summed E-state index contributed by atoms with van der Waals surface area (Å²) >= 11 is 1.40. The number of allylic oxidation sites excluding steroid dienone is 2. The highest BCUT2D eigenvalue weighted by atomic mass is 32.2. The van der Waals surface area contributed by atoms with E-state index in [1.165, 1.54) is 11.8 Å². The van der Waals surface area contributed by atoms with Gasteiger partial charge in [-0.3, -0.25) is 14.4 Å². The van der Waals surface area contributed by atoms with Crippen LogP contribution in [0.1, 0.15) is 30.6 Å². The second-order valence-corrected chi connectivity index (χ2v) is 10.0. The molecule has 0 fully saturated rings. The fraction of sp³-hybridized carbons (Fsp3) is 0.233. The largest absolute Gasteiger partial charge is 0.494 e. The Labute approximate surface area is 226 Å². The molecule has 1 aliphatic carbocycles. The summed E-state index contributed by atoms with van der Waals surface area (Å²) in [6.07, 6.45) is 4.41. The average Bonchev–Trinajstić information content (AvgIpc) is 2.94. The lowest BCUT2D eigenvalue weighted by molar-refractivity contribution is -0.146. The van der Waals surface area contributed by atoms with Crippen LogP contribution in [0.5, 0.6) is 5.75 Å². The van der Waals surface area contributed by atoms with Gasteiger partial charge >= 0.3 is 5.97 Å². The van der Waals surface area contributed by atoms with Crippen LogP contribution in [0.25, 0.3) is 0 Å². The molecule has 38 heavy (non-hydrogen) atoms. The smallest absolute Gasteiger partial charge is 0.307 e. The third kappa shape index (κ3) is 7.04. The Hall–Kier alpha value is -4.04. The van der Waals surface area contributed by atoms with Gasteiger partial charge in [-0.25, -0.2) is 0 Å². The van der Waals surface area contributed by atoms with Crippen molar-refractivity contribution in [1.82, 2.24) is 0 Å². The van der Waals surface area contributed by atoms with Crippen molar-refractivity contribution in [3.63, 3.8) is 0 Å². The van der Waals surface area contributed by atoms with E-state index >= 15 is 0 Å². The predicted molar refractivity (Wildman–Crippen MR) is 149 cm³/mol. The lowest BCUT2D eigenvalue weighted by atomic mass is 9.82. The van der Waals surface area contributed by atoms with E-state index in [4.69, 9.17) is 4.74 Å². The summed E-state index contributed by atoms with van der Waals surface area (Å²) < 4.78 is 5.47. The maximum absolute atomic E-state index is 13.3. The van der Waals surface area contributed by atoms with Crippen LogP contribution in [-0.4, -0.2) is 29.5 Å². The minimum Gasteiger partial charge on any atom is -0.494 e. The molecule has 3 unspecified atom stereocenters. The first-order valence-corrected chi connectivity index (χ1v) is 13.4. The van der Waals surface area contributed by atoms with E-state index in [0.717, 1.165) is 16.2 Å². The zero-order chi connectivity index (χ0) is 26.9. The van der Waals surface area contributed by atoms with E-state index in [2.05, 4.69) is 10.6 Å². The second-order valence-electron chi connectivity index (χ2n) is 8.86. The second kappa shape index (κ2) is 13.0. The van der Waals surface area contributed by atoms with Crippen molar-refractivity contribution in [3.05, 3.63) is 96.6 Å². The van der Waals surface area contributed by atoms with Crippen molar-refractivity contribution in [2.75, 3.05) is 17.2 Å². The maximum Gasteiger partial charge on any atom is 0.307 e. The predicted octanol–water partition coefficient (Wildman–Crippen LogP) is 6.16. The summed E-state index contributed by atoms with van der Waals surface area (Å²) in [7, 11) is 0. The molecular weight excluding hydrogens is 500 g/mol. The van der Waals surface area contributed by atoms with Crippen molar-refractivity contribution in [1.29, 1.82) is 0 Å². The van der Waals surface area contributed by atoms with Gasteiger partial charge in [0, 0.05) is 16.3 Å². The minimum atomic E-state index is -0.961. The molecule has 2 amide bonds. The third-order valence-corrected chi connectivity index (χ3v) is 7.50. The maximum atomic E-state index is 13.3. The number of rotatable bonds is 10. The number of carboxylic acid groups (broad SMARTS) is 1. The van der Waals surface area contributed by atoms with E-state index in [0.29, 0.717) is 30.8 Å². The SMILES string of the molecule is CCOc1ccc(NC(=O)C(Sc2ccc(NC(=O)C3CC=CCC3C(=O)O)cc2)c2ccccc2)cc1. The molecule has 0 saturated heterocycles. The van der Waals surface area contributed by atoms with Gasteiger partial charge in [0.15, 0.2) is 0 Å². The Morgan fingerprint density at radius 2 is 1.47 bits per heavy atom. The highest BCUT2D eigenvalue weighted by Gasteiger charge is 2.34. The van der Waals surface area contributed by atoms with Crippen LogP contribution in [-0.2, 0) is 14.4 Å². The van der Waals surface area contributed by atoms with Crippen molar-refractivity contribution < 1.29 is 24.2 Å². The number of amides is 2. The molecule has 8 heteroatoms. The van der Waals surface area contributed by atoms with E-state index < -0.39 is 23.1 Å². The van der Waals surface area contributed by atoms with Crippen LogP contribution in [0.3, 0.4) is 0 Å². The van der Waals surface area contributed by atoms with Gasteiger partial charge in [-0.2, -0.15) is 0 Å². The van der Waals surface area contributed by atoms with Gasteiger partial charge in [0.1, 0.15) is 11.0 Å². The summed E-state index contributed by atoms with van der Waals surface area (Å²) in [6, 6.07) is 24.0. The Morgan fingerprint density at radius 1 is 0.868 bits per heavy atom. The quantitative estimate of drug-likeness (QED) is 0.214. The molecule has 4 rings (SSSR count). The Kier molecular flexibility index (Phi) is 9.21. The number of thioether (sulfide) groups is 1. The van der Waals surface area contributed by atoms with Gasteiger partial charge in [-0.1, -0.05) is 42.5 Å². The van der Waals surface area contributed by atoms with Gasteiger partial charge in [0.25, 0.3) is 0 Å². The lowest BCUT2D eigenvalue weighted by Gasteiger charge is -2.24. The number of benzene rings is 3. The summed E-state index contributed by atoms with van der Waals surface area (Å²) in [5, 5.41) is 14.8. The molecule has 3 aromatic rings. The molecular formula is C30H30N2O5S. The number of aliphatic carboxylic acids is 1. The number of hydrogen-bond donors (Lipinski definition) is 3. The van der Waals surface area contributed by atoms with Crippen LogP contribution < -0.4 is 15.4 Å². The molecule has 0 saturated carbocycles. The van der Waals surface area contributed by atoms with Crippen LogP contribution in [0, 0.1) is 11.8 Å². The summed E-state index contributed by atoms with van der Waals surface area (Å²) in [4.78, 5) is 38.5. The van der Waals surface area contributed by atoms with Crippen LogP contribution in [0.2, 0.25) is 0 Å². The lowest BCUT2D eigenvalue weighted by Crippen LogP contribution is -2.34. The average molecular weight is 531 g/mol. The third-order valence-electron chi connectivity index (χ3n) is 6.24. The zero-order valence-corrected chi connectivity index (χ0v) is 21.8. The van der Waals surface area contributed by atoms with Crippen molar-refractivity contribution in [2.45, 2.75) is 29.9 Å². The molecule has 3 N–H and O–H groups in total. The first-order chi connectivity index (χ1) is 18.4. The van der Waals surface area contributed by atoms with Gasteiger partial charge in [-0.05, 0) is 73.9 Å². The first-order valence-electron chi connectivity index (χ1n) is 12.5. The fourth-order valence-corrected chi connectivity index (χ4v) is 5.30. The molecule has 0 radical (unpaired) electrons. The minimum absolute atomic E-state index is 0.159. The van der Waals surface area contributed by atoms with E-state index in [-0.39, 0.29) is 11.8 Å². The van der Waals surface area contributed by atoms with E-state index in [9.17, 15) is 19.5 Å². The monoisotopic (exact) mass is 530 g/mol. The number of ether oxygens (including phenoxy) is 1. The van der Waals surface area contributed by atoms with Crippen molar-refractivity contribution in [3.8, 4) is 5.75 Å². The number of carbonyl (C=O) groups is 3. The molecule has 0 bridgehead atoms. The molecule has 1 aliphatic rings. The Bertz CT molecular complexity index is 1280. The van der Waals surface area contributed by atoms with Crippen LogP contribution in [0.15, 0.2) is 95.9 Å². The van der Waals surface area contributed by atoms with Gasteiger partial charge in [-0.15, -0.1) is 11.8 Å². The summed E-state index contributed by atoms with van der Waals surface area (Å²) in [5.74, 6) is -2.02. The number of nitrogens with one attached hydrogen (secondary N) is 2. The van der Waals surface area contributed by atoms with Gasteiger partial charge in [0.05, 0.1) is 18.4 Å². The fourth-order valence-electron chi connectivity index (χ4n) is 4.27. The molecule has 0 aromatic heterocycles. The topological polar surface area (TPSA) is 105 Å². The Balaban J connectivity index is 1.44. The zero-order valence-electron chi connectivity index (χ0n) is 21.0. The molecule has 3 atom stereocenters. The van der Waals surface area contributed by atoms with Gasteiger partial charge in [0.2, 0.25) is 11.8 Å². The number of carbonyl (C=O) groups excluding carboxylic acids is 2. The highest BCUT2D eigenvalue weighted by molar-refractivity contribution is 8.00.